The number of amides is 1. The average molecular weight is 347 g/mol. The predicted molar refractivity (Wildman–Crippen MR) is 88.1 cm³/mol. The third-order valence-electron chi connectivity index (χ3n) is 4.44. The van der Waals surface area contributed by atoms with E-state index in [0.29, 0.717) is 30.9 Å². The molecule has 3 N–H and O–H groups in total. The Morgan fingerprint density at radius 3 is 2.88 bits per heavy atom. The van der Waals surface area contributed by atoms with Crippen LogP contribution in [0.4, 0.5) is 0 Å². The molecular formula is C17H21N3O5. The number of nitrogens with one attached hydrogen (secondary N) is 2. The Hall–Kier alpha value is -2.61. The lowest BCUT2D eigenvalue weighted by Crippen LogP contribution is -2.41. The monoisotopic (exact) mass is 347 g/mol. The van der Waals surface area contributed by atoms with Gasteiger partial charge in [-0.05, 0) is 24.3 Å². The predicted octanol–water partition coefficient (Wildman–Crippen LogP) is 0.932. The number of carbonyl (C=O) groups is 1. The van der Waals surface area contributed by atoms with E-state index in [4.69, 9.17) is 9.26 Å². The third-order valence-corrected chi connectivity index (χ3v) is 4.44. The smallest absolute Gasteiger partial charge is 0.280 e. The minimum absolute atomic E-state index is 0.147. The molecule has 2 aromatic heterocycles. The van der Waals surface area contributed by atoms with Gasteiger partial charge in [0.25, 0.3) is 5.56 Å². The second-order valence-corrected chi connectivity index (χ2v) is 6.24. The first-order chi connectivity index (χ1) is 12.0. The molecule has 25 heavy (non-hydrogen) atoms. The molecule has 1 unspecified atom stereocenters. The van der Waals surface area contributed by atoms with Crippen LogP contribution in [-0.2, 0) is 11.2 Å². The summed E-state index contributed by atoms with van der Waals surface area (Å²) >= 11 is 0. The van der Waals surface area contributed by atoms with Gasteiger partial charge >= 0.3 is 0 Å². The summed E-state index contributed by atoms with van der Waals surface area (Å²) in [4.78, 5) is 27.5. The minimum atomic E-state index is -0.318. The van der Waals surface area contributed by atoms with E-state index < -0.39 is 0 Å². The number of aliphatic hydroxyl groups excluding tert-OH is 1. The Labute approximate surface area is 144 Å². The third kappa shape index (κ3) is 4.27. The molecular weight excluding hydrogens is 326 g/mol. The molecule has 8 heteroatoms. The largest absolute Gasteiger partial charge is 0.481 e. The number of carbonyl (C=O) groups excluding carboxylic acids is 1. The SMILES string of the molecule is COc1ccc(C(NC(=O)CCc2cc(=O)[nH]o2)C2CC(O)C2)cn1. The first-order valence-electron chi connectivity index (χ1n) is 8.20. The number of ether oxygens (including phenoxy) is 1. The fourth-order valence-electron chi connectivity index (χ4n) is 3.00. The standard InChI is InChI=1S/C17H21N3O5/c1-24-16-5-2-10(9-18-16)17(11-6-12(21)7-11)19-14(22)4-3-13-8-15(23)20-25-13/h2,5,8-9,11-12,17,21H,3-4,6-7H2,1H3,(H,19,22)(H,20,23). The molecule has 3 rings (SSSR count). The van der Waals surface area contributed by atoms with Crippen molar-refractivity contribution in [3.63, 3.8) is 0 Å². The van der Waals surface area contributed by atoms with Crippen molar-refractivity contribution in [3.8, 4) is 5.88 Å². The lowest BCUT2D eigenvalue weighted by atomic mass is 9.75. The molecule has 0 aromatic carbocycles. The number of aromatic nitrogens is 2. The zero-order chi connectivity index (χ0) is 17.8. The van der Waals surface area contributed by atoms with Crippen LogP contribution in [0.5, 0.6) is 5.88 Å². The highest BCUT2D eigenvalue weighted by molar-refractivity contribution is 5.76. The summed E-state index contributed by atoms with van der Waals surface area (Å²) in [5.41, 5.74) is 0.556. The van der Waals surface area contributed by atoms with Gasteiger partial charge in [-0.25, -0.2) is 4.98 Å². The van der Waals surface area contributed by atoms with Crippen LogP contribution in [0.1, 0.15) is 36.6 Å². The van der Waals surface area contributed by atoms with E-state index in [1.54, 1.807) is 19.4 Å². The zero-order valence-electron chi connectivity index (χ0n) is 13.9. The molecule has 0 bridgehead atoms. The van der Waals surface area contributed by atoms with E-state index in [9.17, 15) is 14.7 Å². The highest BCUT2D eigenvalue weighted by Crippen LogP contribution is 2.38. The quantitative estimate of drug-likeness (QED) is 0.686. The topological polar surface area (TPSA) is 117 Å². The summed E-state index contributed by atoms with van der Waals surface area (Å²) < 4.78 is 10.0. The summed E-state index contributed by atoms with van der Waals surface area (Å²) in [6, 6.07) is 4.73. The lowest BCUT2D eigenvalue weighted by Gasteiger charge is -2.38. The molecule has 1 amide bonds. The second kappa shape index (κ2) is 7.52. The van der Waals surface area contributed by atoms with Crippen LogP contribution in [-0.4, -0.2) is 34.4 Å². The number of pyridine rings is 1. The fraction of sp³-hybridized carbons (Fsp3) is 0.471. The van der Waals surface area contributed by atoms with Crippen LogP contribution in [0, 0.1) is 5.92 Å². The molecule has 2 heterocycles. The molecule has 1 atom stereocenters. The van der Waals surface area contributed by atoms with Crippen LogP contribution in [0.15, 0.2) is 33.7 Å². The van der Waals surface area contributed by atoms with E-state index in [2.05, 4.69) is 15.5 Å². The molecule has 0 aliphatic heterocycles. The van der Waals surface area contributed by atoms with E-state index in [0.717, 1.165) is 5.56 Å². The number of nitrogens with zero attached hydrogens (tertiary/aromatic N) is 1. The maximum Gasteiger partial charge on any atom is 0.280 e. The summed E-state index contributed by atoms with van der Waals surface area (Å²) in [5.74, 6) is 0.970. The van der Waals surface area contributed by atoms with Gasteiger partial charge in [-0.1, -0.05) is 6.07 Å². The molecule has 1 fully saturated rings. The number of rotatable bonds is 7. The molecule has 8 nitrogen and oxygen atoms in total. The van der Waals surface area contributed by atoms with Gasteiger partial charge < -0.3 is 19.7 Å². The Morgan fingerprint density at radius 1 is 1.52 bits per heavy atom. The lowest BCUT2D eigenvalue weighted by molar-refractivity contribution is -0.123. The first-order valence-corrected chi connectivity index (χ1v) is 8.20. The number of aromatic amines is 1. The van der Waals surface area contributed by atoms with Crippen LogP contribution in [0.25, 0.3) is 0 Å². The van der Waals surface area contributed by atoms with Crippen molar-refractivity contribution in [1.29, 1.82) is 0 Å². The summed E-state index contributed by atoms with van der Waals surface area (Å²) in [7, 11) is 1.54. The van der Waals surface area contributed by atoms with Crippen molar-refractivity contribution in [2.24, 2.45) is 5.92 Å². The van der Waals surface area contributed by atoms with E-state index in [-0.39, 0.29) is 36.0 Å². The van der Waals surface area contributed by atoms with Crippen LogP contribution < -0.4 is 15.6 Å². The van der Waals surface area contributed by atoms with Crippen molar-refractivity contribution in [2.75, 3.05) is 7.11 Å². The number of methoxy groups -OCH3 is 1. The average Bonchev–Trinajstić information content (AvgIpc) is 3.01. The molecule has 0 saturated heterocycles. The van der Waals surface area contributed by atoms with Gasteiger partial charge in [-0.2, -0.15) is 5.16 Å². The number of aryl methyl sites for hydroxylation is 1. The van der Waals surface area contributed by atoms with Gasteiger partial charge in [0.1, 0.15) is 5.76 Å². The Kier molecular flexibility index (Phi) is 5.18. The van der Waals surface area contributed by atoms with Crippen LogP contribution in [0.3, 0.4) is 0 Å². The first kappa shape index (κ1) is 17.2. The van der Waals surface area contributed by atoms with Crippen molar-refractivity contribution < 1.29 is 19.2 Å². The Morgan fingerprint density at radius 2 is 2.32 bits per heavy atom. The highest BCUT2D eigenvalue weighted by atomic mass is 16.5. The van der Waals surface area contributed by atoms with Crippen LogP contribution >= 0.6 is 0 Å². The maximum absolute atomic E-state index is 12.3. The van der Waals surface area contributed by atoms with E-state index in [1.807, 2.05) is 6.07 Å². The van der Waals surface area contributed by atoms with Gasteiger partial charge in [0.05, 0.1) is 19.3 Å². The van der Waals surface area contributed by atoms with Gasteiger partial charge in [0, 0.05) is 31.2 Å². The molecule has 1 aliphatic rings. The Bertz CT molecular complexity index is 761. The van der Waals surface area contributed by atoms with Gasteiger partial charge in [0.15, 0.2) is 0 Å². The molecule has 1 saturated carbocycles. The van der Waals surface area contributed by atoms with Crippen molar-refractivity contribution >= 4 is 5.91 Å². The Balaban J connectivity index is 1.64. The number of aliphatic hydroxyl groups is 1. The van der Waals surface area contributed by atoms with Gasteiger partial charge in [0.2, 0.25) is 11.8 Å². The number of hydrogen-bond acceptors (Lipinski definition) is 6. The van der Waals surface area contributed by atoms with Gasteiger partial charge in [-0.15, -0.1) is 0 Å². The number of H-pyrrole nitrogens is 1. The van der Waals surface area contributed by atoms with Crippen molar-refractivity contribution in [2.45, 2.75) is 37.8 Å². The fourth-order valence-corrected chi connectivity index (χ4v) is 3.00. The minimum Gasteiger partial charge on any atom is -0.481 e. The molecule has 0 spiro atoms. The molecule has 1 aliphatic carbocycles. The summed E-state index contributed by atoms with van der Waals surface area (Å²) in [5, 5.41) is 14.8. The molecule has 2 aromatic rings. The second-order valence-electron chi connectivity index (χ2n) is 6.24. The van der Waals surface area contributed by atoms with E-state index in [1.165, 1.54) is 6.07 Å². The number of hydrogen-bond donors (Lipinski definition) is 3. The summed E-state index contributed by atoms with van der Waals surface area (Å²) in [6.07, 6.45) is 3.19. The molecule has 134 valence electrons. The highest BCUT2D eigenvalue weighted by Gasteiger charge is 2.35. The van der Waals surface area contributed by atoms with Crippen molar-refractivity contribution in [1.82, 2.24) is 15.5 Å². The van der Waals surface area contributed by atoms with E-state index >= 15 is 0 Å². The van der Waals surface area contributed by atoms with Crippen molar-refractivity contribution in [3.05, 3.63) is 46.1 Å². The maximum atomic E-state index is 12.3. The van der Waals surface area contributed by atoms with Gasteiger partial charge in [-0.3, -0.25) is 9.59 Å². The zero-order valence-corrected chi connectivity index (χ0v) is 13.9. The summed E-state index contributed by atoms with van der Waals surface area (Å²) in [6.45, 7) is 0. The normalized spacial score (nSPS) is 20.6. The van der Waals surface area contributed by atoms with Crippen LogP contribution in [0.2, 0.25) is 0 Å². The molecule has 0 radical (unpaired) electrons.